The van der Waals surface area contributed by atoms with Crippen LogP contribution in [0, 0.1) is 5.92 Å². The van der Waals surface area contributed by atoms with E-state index in [1.54, 1.807) is 24.1 Å². The second-order valence-corrected chi connectivity index (χ2v) is 6.50. The Balaban J connectivity index is 0.00000264. The third-order valence-corrected chi connectivity index (χ3v) is 4.20. The lowest BCUT2D eigenvalue weighted by atomic mass is 10.0. The van der Waals surface area contributed by atoms with Gasteiger partial charge in [-0.1, -0.05) is 25.4 Å². The van der Waals surface area contributed by atoms with Crippen molar-refractivity contribution in [3.8, 4) is 5.75 Å². The molecule has 0 aliphatic carbocycles. The predicted molar refractivity (Wildman–Crippen MR) is 97.2 cm³/mol. The van der Waals surface area contributed by atoms with Crippen molar-refractivity contribution >= 4 is 36.0 Å². The molecule has 1 aliphatic heterocycles. The highest BCUT2D eigenvalue weighted by Crippen LogP contribution is 2.29. The summed E-state index contributed by atoms with van der Waals surface area (Å²) in [6.07, 6.45) is 2.64. The molecule has 128 valence electrons. The molecule has 0 spiro atoms. The van der Waals surface area contributed by atoms with Crippen molar-refractivity contribution in [3.05, 3.63) is 34.4 Å². The Kier molecular flexibility index (Phi) is 7.39. The van der Waals surface area contributed by atoms with Crippen LogP contribution in [0.5, 0.6) is 5.75 Å². The molecule has 0 radical (unpaired) electrons. The van der Waals surface area contributed by atoms with Crippen molar-refractivity contribution in [2.45, 2.75) is 26.3 Å². The molecule has 1 aromatic rings. The Morgan fingerprint density at radius 3 is 2.78 bits per heavy atom. The van der Waals surface area contributed by atoms with Crippen molar-refractivity contribution in [2.24, 2.45) is 11.7 Å². The number of rotatable bonds is 5. The van der Waals surface area contributed by atoms with Gasteiger partial charge in [0, 0.05) is 30.2 Å². The van der Waals surface area contributed by atoms with Crippen LogP contribution in [-0.2, 0) is 4.79 Å². The van der Waals surface area contributed by atoms with Crippen molar-refractivity contribution in [3.63, 3.8) is 0 Å². The van der Waals surface area contributed by atoms with Gasteiger partial charge in [-0.2, -0.15) is 0 Å². The molecule has 23 heavy (non-hydrogen) atoms. The number of hydrogen-bond donors (Lipinski definition) is 1. The van der Waals surface area contributed by atoms with Crippen LogP contribution in [0.15, 0.2) is 23.8 Å². The lowest BCUT2D eigenvalue weighted by Crippen LogP contribution is -2.36. The highest BCUT2D eigenvalue weighted by Gasteiger charge is 2.21. The van der Waals surface area contributed by atoms with Gasteiger partial charge in [-0.15, -0.1) is 12.4 Å². The smallest absolute Gasteiger partial charge is 0.252 e. The Morgan fingerprint density at radius 2 is 2.13 bits per heavy atom. The van der Waals surface area contributed by atoms with Crippen LogP contribution in [0.2, 0.25) is 5.02 Å². The molecule has 0 saturated heterocycles. The molecule has 1 amide bonds. The average Bonchev–Trinajstić information content (AvgIpc) is 2.50. The van der Waals surface area contributed by atoms with Crippen LogP contribution < -0.4 is 10.5 Å². The van der Waals surface area contributed by atoms with Crippen LogP contribution in [0.25, 0.3) is 6.08 Å². The molecule has 1 heterocycles. The maximum absolute atomic E-state index is 12.5. The molecule has 2 rings (SSSR count). The zero-order valence-corrected chi connectivity index (χ0v) is 15.3. The summed E-state index contributed by atoms with van der Waals surface area (Å²) in [4.78, 5) is 14.2. The molecule has 0 fully saturated rings. The Bertz CT molecular complexity index is 588. The summed E-state index contributed by atoms with van der Waals surface area (Å²) in [5.74, 6) is 1.14. The first kappa shape index (κ1) is 19.8. The van der Waals surface area contributed by atoms with Gasteiger partial charge in [0.15, 0.2) is 0 Å². The standard InChI is InChI=1S/C17H23ClN2O2.ClH/c1-11(2)15(19)6-7-20(3)17(21)13-8-12-9-14(18)4-5-16(12)22-10-13;/h4-5,8-9,11,15H,6-7,10,19H2,1-3H3;1H. The van der Waals surface area contributed by atoms with E-state index in [-0.39, 0.29) is 31.0 Å². The lowest BCUT2D eigenvalue weighted by Gasteiger charge is -2.24. The summed E-state index contributed by atoms with van der Waals surface area (Å²) >= 11 is 5.99. The summed E-state index contributed by atoms with van der Waals surface area (Å²) in [7, 11) is 1.80. The lowest BCUT2D eigenvalue weighted by molar-refractivity contribution is -0.126. The third kappa shape index (κ3) is 5.13. The minimum atomic E-state index is -0.0263. The summed E-state index contributed by atoms with van der Waals surface area (Å²) in [5.41, 5.74) is 7.51. The first-order valence-corrected chi connectivity index (χ1v) is 7.90. The molecular formula is C17H24Cl2N2O2. The Labute approximate surface area is 149 Å². The van der Waals surface area contributed by atoms with Crippen molar-refractivity contribution in [1.29, 1.82) is 0 Å². The van der Waals surface area contributed by atoms with Crippen molar-refractivity contribution < 1.29 is 9.53 Å². The fourth-order valence-corrected chi connectivity index (χ4v) is 2.48. The van der Waals surface area contributed by atoms with E-state index < -0.39 is 0 Å². The van der Waals surface area contributed by atoms with E-state index in [9.17, 15) is 4.79 Å². The fraction of sp³-hybridized carbons (Fsp3) is 0.471. The van der Waals surface area contributed by atoms with Gasteiger partial charge in [0.1, 0.15) is 12.4 Å². The largest absolute Gasteiger partial charge is 0.488 e. The number of benzene rings is 1. The summed E-state index contributed by atoms with van der Waals surface area (Å²) in [6.45, 7) is 5.10. The zero-order chi connectivity index (χ0) is 16.3. The SMILES string of the molecule is CC(C)C(N)CCN(C)C(=O)C1=Cc2cc(Cl)ccc2OC1.Cl. The molecule has 1 unspecified atom stereocenters. The number of carbonyl (C=O) groups is 1. The molecule has 2 N–H and O–H groups in total. The third-order valence-electron chi connectivity index (χ3n) is 3.96. The van der Waals surface area contributed by atoms with Gasteiger partial charge >= 0.3 is 0 Å². The molecule has 0 bridgehead atoms. The highest BCUT2D eigenvalue weighted by molar-refractivity contribution is 6.30. The van der Waals surface area contributed by atoms with Gasteiger partial charge in [0.25, 0.3) is 5.91 Å². The van der Waals surface area contributed by atoms with Gasteiger partial charge in [-0.05, 0) is 36.6 Å². The average molecular weight is 359 g/mol. The van der Waals surface area contributed by atoms with Crippen LogP contribution in [0.4, 0.5) is 0 Å². The molecular weight excluding hydrogens is 335 g/mol. The van der Waals surface area contributed by atoms with E-state index in [4.69, 9.17) is 22.1 Å². The number of carbonyl (C=O) groups excluding carboxylic acids is 1. The number of ether oxygens (including phenoxy) is 1. The number of halogens is 2. The molecule has 0 saturated carbocycles. The monoisotopic (exact) mass is 358 g/mol. The van der Waals surface area contributed by atoms with Gasteiger partial charge in [0.2, 0.25) is 0 Å². The van der Waals surface area contributed by atoms with Crippen LogP contribution in [-0.4, -0.2) is 37.0 Å². The normalized spacial score (nSPS) is 14.3. The first-order valence-electron chi connectivity index (χ1n) is 7.52. The van der Waals surface area contributed by atoms with Crippen LogP contribution >= 0.6 is 24.0 Å². The number of amides is 1. The van der Waals surface area contributed by atoms with Gasteiger partial charge in [0.05, 0.1) is 5.57 Å². The quantitative estimate of drug-likeness (QED) is 0.877. The zero-order valence-electron chi connectivity index (χ0n) is 13.7. The van der Waals surface area contributed by atoms with Crippen molar-refractivity contribution in [1.82, 2.24) is 4.90 Å². The van der Waals surface area contributed by atoms with E-state index in [1.165, 1.54) is 0 Å². The maximum atomic E-state index is 12.5. The Hall–Kier alpha value is -1.23. The van der Waals surface area contributed by atoms with Crippen molar-refractivity contribution in [2.75, 3.05) is 20.2 Å². The summed E-state index contributed by atoms with van der Waals surface area (Å²) in [6, 6.07) is 5.51. The van der Waals surface area contributed by atoms with E-state index in [1.807, 2.05) is 12.1 Å². The van der Waals surface area contributed by atoms with Gasteiger partial charge < -0.3 is 15.4 Å². The number of fused-ring (bicyclic) bond motifs is 1. The van der Waals surface area contributed by atoms with E-state index in [2.05, 4.69) is 13.8 Å². The van der Waals surface area contributed by atoms with E-state index in [0.29, 0.717) is 23.1 Å². The minimum absolute atomic E-state index is 0. The van der Waals surface area contributed by atoms with Crippen LogP contribution in [0.3, 0.4) is 0 Å². The van der Waals surface area contributed by atoms with E-state index >= 15 is 0 Å². The summed E-state index contributed by atoms with van der Waals surface area (Å²) < 4.78 is 5.63. The number of nitrogens with zero attached hydrogens (tertiary/aromatic N) is 1. The molecule has 1 atom stereocenters. The van der Waals surface area contributed by atoms with E-state index in [0.717, 1.165) is 17.7 Å². The molecule has 1 aromatic carbocycles. The second kappa shape index (κ2) is 8.57. The number of hydrogen-bond acceptors (Lipinski definition) is 3. The minimum Gasteiger partial charge on any atom is -0.488 e. The summed E-state index contributed by atoms with van der Waals surface area (Å²) in [5, 5.41) is 0.628. The molecule has 4 nitrogen and oxygen atoms in total. The van der Waals surface area contributed by atoms with Gasteiger partial charge in [-0.25, -0.2) is 0 Å². The fourth-order valence-electron chi connectivity index (χ4n) is 2.29. The molecule has 6 heteroatoms. The van der Waals surface area contributed by atoms with Gasteiger partial charge in [-0.3, -0.25) is 4.79 Å². The molecule has 0 aromatic heterocycles. The second-order valence-electron chi connectivity index (χ2n) is 6.06. The highest BCUT2D eigenvalue weighted by atomic mass is 35.5. The number of likely N-dealkylation sites (N-methyl/N-ethyl adjacent to an activating group) is 1. The Morgan fingerprint density at radius 1 is 1.43 bits per heavy atom. The molecule has 1 aliphatic rings. The predicted octanol–water partition coefficient (Wildman–Crippen LogP) is 3.37. The first-order chi connectivity index (χ1) is 10.4. The van der Waals surface area contributed by atoms with Crippen LogP contribution in [0.1, 0.15) is 25.8 Å². The maximum Gasteiger partial charge on any atom is 0.252 e. The topological polar surface area (TPSA) is 55.6 Å². The number of nitrogens with two attached hydrogens (primary N) is 1.